The van der Waals surface area contributed by atoms with Gasteiger partial charge < -0.3 is 5.32 Å². The Balaban J connectivity index is 1.93. The minimum Gasteiger partial charge on any atom is -0.324 e. The minimum absolute atomic E-state index is 0.00556. The molecular formula is C22H24F3N5OS. The first-order valence-corrected chi connectivity index (χ1v) is 11.8. The van der Waals surface area contributed by atoms with E-state index in [-0.39, 0.29) is 24.5 Å². The molecule has 170 valence electrons. The second-order valence-corrected chi connectivity index (χ2v) is 9.90. The molecule has 6 nitrogen and oxygen atoms in total. The molecule has 0 aliphatic heterocycles. The number of aryl methyl sites for hydroxylation is 3. The van der Waals surface area contributed by atoms with Gasteiger partial charge in [0.05, 0.1) is 11.3 Å². The lowest BCUT2D eigenvalue weighted by atomic mass is 10.1. The Kier molecular flexibility index (Phi) is 6.73. The largest absolute Gasteiger partial charge is 0.419 e. The van der Waals surface area contributed by atoms with Crippen molar-refractivity contribution in [2.75, 3.05) is 22.9 Å². The third kappa shape index (κ3) is 5.56. The van der Waals surface area contributed by atoms with Crippen LogP contribution in [0.3, 0.4) is 0 Å². The summed E-state index contributed by atoms with van der Waals surface area (Å²) in [5.74, 6) is 4.14. The molecule has 0 saturated heterocycles. The van der Waals surface area contributed by atoms with E-state index in [0.717, 1.165) is 11.8 Å². The monoisotopic (exact) mass is 463 g/mol. The van der Waals surface area contributed by atoms with E-state index in [1.165, 1.54) is 16.8 Å². The smallest absolute Gasteiger partial charge is 0.324 e. The van der Waals surface area contributed by atoms with Crippen LogP contribution in [-0.4, -0.2) is 38.3 Å². The summed E-state index contributed by atoms with van der Waals surface area (Å²) in [6, 6.07) is 10.8. The number of hydrogen-bond acceptors (Lipinski definition) is 5. The molecule has 2 heterocycles. The van der Waals surface area contributed by atoms with Crippen molar-refractivity contribution in [3.8, 4) is 0 Å². The number of rotatable bonds is 7. The van der Waals surface area contributed by atoms with Crippen LogP contribution >= 0.6 is 0 Å². The molecule has 3 rings (SSSR count). The third-order valence-electron chi connectivity index (χ3n) is 4.94. The Morgan fingerprint density at radius 1 is 1.12 bits per heavy atom. The summed E-state index contributed by atoms with van der Waals surface area (Å²) >= 11 is 0. The molecule has 0 aliphatic carbocycles. The van der Waals surface area contributed by atoms with E-state index in [4.69, 9.17) is 0 Å². The highest BCUT2D eigenvalue weighted by atomic mass is 32.2. The van der Waals surface area contributed by atoms with Crippen LogP contribution in [0.15, 0.2) is 48.8 Å². The number of halogens is 3. The Hall–Kier alpha value is -3.14. The van der Waals surface area contributed by atoms with Gasteiger partial charge in [-0.2, -0.15) is 13.2 Å². The van der Waals surface area contributed by atoms with Crippen molar-refractivity contribution < 1.29 is 17.4 Å². The quantitative estimate of drug-likeness (QED) is 0.525. The fourth-order valence-electron chi connectivity index (χ4n) is 3.08. The number of nitrogens with zero attached hydrogens (tertiary/aromatic N) is 4. The van der Waals surface area contributed by atoms with Gasteiger partial charge in [0.25, 0.3) is 0 Å². The van der Waals surface area contributed by atoms with Gasteiger partial charge >= 0.3 is 6.18 Å². The standard InChI is InChI=1S/C22H24F3N5OS/c1-15-8-5-6-10-18(15)28-21-27-14-17(22(23,24)25)19(29-21)12-11-16-9-7-13-26-20(16)30(2)32(3,4)31/h5-10,13-14H,3,11-12H2,1-2,4H3,(H,27,28,29). The highest BCUT2D eigenvalue weighted by Gasteiger charge is 2.35. The number of alkyl halides is 3. The van der Waals surface area contributed by atoms with Gasteiger partial charge in [-0.05, 0) is 48.9 Å². The number of hydrogen-bond donors (Lipinski definition) is 1. The van der Waals surface area contributed by atoms with Crippen molar-refractivity contribution in [3.05, 3.63) is 71.2 Å². The second kappa shape index (κ2) is 9.15. The second-order valence-electron chi connectivity index (χ2n) is 7.43. The molecule has 0 saturated carbocycles. The maximum absolute atomic E-state index is 13.6. The molecule has 0 fully saturated rings. The van der Waals surface area contributed by atoms with Gasteiger partial charge in [-0.15, -0.1) is 0 Å². The number of benzene rings is 1. The minimum atomic E-state index is -4.59. The van der Waals surface area contributed by atoms with Crippen LogP contribution < -0.4 is 9.62 Å². The Bertz CT molecular complexity index is 1210. The van der Waals surface area contributed by atoms with Gasteiger partial charge in [0.1, 0.15) is 5.82 Å². The van der Waals surface area contributed by atoms with Gasteiger partial charge in [0, 0.05) is 41.1 Å². The number of anilines is 3. The Labute approximate surface area is 185 Å². The average molecular weight is 464 g/mol. The van der Waals surface area contributed by atoms with Crippen molar-refractivity contribution in [2.24, 2.45) is 0 Å². The zero-order valence-electron chi connectivity index (χ0n) is 18.0. The summed E-state index contributed by atoms with van der Waals surface area (Å²) in [7, 11) is -0.988. The van der Waals surface area contributed by atoms with E-state index < -0.39 is 21.4 Å². The van der Waals surface area contributed by atoms with Gasteiger partial charge in [-0.1, -0.05) is 24.3 Å². The van der Waals surface area contributed by atoms with E-state index in [1.807, 2.05) is 25.1 Å². The first-order chi connectivity index (χ1) is 15.0. The molecule has 32 heavy (non-hydrogen) atoms. The maximum atomic E-state index is 13.6. The van der Waals surface area contributed by atoms with E-state index in [1.54, 1.807) is 25.2 Å². The molecule has 1 unspecified atom stereocenters. The van der Waals surface area contributed by atoms with Crippen LogP contribution in [0.25, 0.3) is 0 Å². The number of pyridine rings is 1. The topological polar surface area (TPSA) is 71.0 Å². The van der Waals surface area contributed by atoms with Gasteiger partial charge in [-0.3, -0.25) is 4.31 Å². The molecule has 1 aromatic carbocycles. The predicted molar refractivity (Wildman–Crippen MR) is 123 cm³/mol. The lowest BCUT2D eigenvalue weighted by Crippen LogP contribution is -2.26. The SMILES string of the molecule is C=S(C)(=O)N(C)c1ncccc1CCc1nc(Nc2ccccc2C)ncc1C(F)(F)F. The highest BCUT2D eigenvalue weighted by Crippen LogP contribution is 2.32. The zero-order valence-corrected chi connectivity index (χ0v) is 18.8. The normalized spacial score (nSPS) is 13.4. The van der Waals surface area contributed by atoms with Crippen LogP contribution in [-0.2, 0) is 28.7 Å². The van der Waals surface area contributed by atoms with Crippen LogP contribution in [0.4, 0.5) is 30.6 Å². The molecule has 2 aromatic heterocycles. The molecule has 0 spiro atoms. The van der Waals surface area contributed by atoms with Gasteiger partial charge in [0.2, 0.25) is 5.95 Å². The summed E-state index contributed by atoms with van der Waals surface area (Å²) in [5.41, 5.74) is 1.25. The Morgan fingerprint density at radius 2 is 1.84 bits per heavy atom. The molecule has 0 amide bonds. The molecule has 3 aromatic rings. The van der Waals surface area contributed by atoms with Crippen LogP contribution in [0.1, 0.15) is 22.4 Å². The molecule has 0 aliphatic rings. The average Bonchev–Trinajstić information content (AvgIpc) is 2.72. The summed E-state index contributed by atoms with van der Waals surface area (Å²) in [5, 5.41) is 2.98. The van der Waals surface area contributed by atoms with Crippen LogP contribution in [0, 0.1) is 6.92 Å². The van der Waals surface area contributed by atoms with Crippen molar-refractivity contribution in [2.45, 2.75) is 25.9 Å². The summed E-state index contributed by atoms with van der Waals surface area (Å²) in [4.78, 5) is 12.3. The molecule has 0 radical (unpaired) electrons. The van der Waals surface area contributed by atoms with Crippen molar-refractivity contribution >= 4 is 33.0 Å². The Morgan fingerprint density at radius 3 is 2.50 bits per heavy atom. The third-order valence-corrected chi connectivity index (χ3v) is 6.27. The predicted octanol–water partition coefficient (Wildman–Crippen LogP) is 4.43. The van der Waals surface area contributed by atoms with Crippen molar-refractivity contribution in [1.82, 2.24) is 15.0 Å². The van der Waals surface area contributed by atoms with E-state index >= 15 is 0 Å². The summed E-state index contributed by atoms with van der Waals surface area (Å²) in [6.45, 7) is 1.88. The molecule has 1 N–H and O–H groups in total. The summed E-state index contributed by atoms with van der Waals surface area (Å²) in [6.07, 6.45) is -0.566. The fraction of sp³-hybridized carbons (Fsp3) is 0.273. The molecule has 1 atom stereocenters. The van der Waals surface area contributed by atoms with Crippen LogP contribution in [0.2, 0.25) is 0 Å². The van der Waals surface area contributed by atoms with Gasteiger partial charge in [-0.25, -0.2) is 19.2 Å². The summed E-state index contributed by atoms with van der Waals surface area (Å²) < 4.78 is 54.6. The first kappa shape index (κ1) is 23.5. The van der Waals surface area contributed by atoms with Crippen molar-refractivity contribution in [1.29, 1.82) is 0 Å². The van der Waals surface area contributed by atoms with E-state index in [9.17, 15) is 17.4 Å². The number of nitrogens with one attached hydrogen (secondary N) is 1. The van der Waals surface area contributed by atoms with Gasteiger partial charge in [0.15, 0.2) is 0 Å². The van der Waals surface area contributed by atoms with E-state index in [0.29, 0.717) is 17.1 Å². The van der Waals surface area contributed by atoms with Crippen molar-refractivity contribution in [3.63, 3.8) is 0 Å². The maximum Gasteiger partial charge on any atom is 0.419 e. The highest BCUT2D eigenvalue weighted by molar-refractivity contribution is 8.00. The van der Waals surface area contributed by atoms with Crippen LogP contribution in [0.5, 0.6) is 0 Å². The lowest BCUT2D eigenvalue weighted by Gasteiger charge is -2.22. The number of aromatic nitrogens is 3. The molecular weight excluding hydrogens is 439 g/mol. The molecule has 10 heteroatoms. The fourth-order valence-corrected chi connectivity index (χ4v) is 3.61. The zero-order chi connectivity index (χ0) is 23.5. The lowest BCUT2D eigenvalue weighted by molar-refractivity contribution is -0.138. The first-order valence-electron chi connectivity index (χ1n) is 9.72. The van der Waals surface area contributed by atoms with E-state index in [2.05, 4.69) is 26.1 Å². The number of para-hydroxylation sites is 1. The molecule has 0 bridgehead atoms.